The molecule has 2 heteroatoms. The third kappa shape index (κ3) is 2.91. The topological polar surface area (TPSA) is 15.3 Å². The highest BCUT2D eigenvalue weighted by Crippen LogP contribution is 2.39. The molecule has 0 aromatic rings. The van der Waals surface area contributed by atoms with Crippen LogP contribution in [-0.4, -0.2) is 35.6 Å². The molecule has 0 aromatic heterocycles. The van der Waals surface area contributed by atoms with Crippen LogP contribution in [0.15, 0.2) is 0 Å². The zero-order chi connectivity index (χ0) is 13.2. The fourth-order valence-corrected chi connectivity index (χ4v) is 3.63. The van der Waals surface area contributed by atoms with E-state index >= 15 is 0 Å². The van der Waals surface area contributed by atoms with E-state index in [0.717, 1.165) is 5.92 Å². The minimum absolute atomic E-state index is 0.338. The normalized spacial score (nSPS) is 32.5. The van der Waals surface area contributed by atoms with Crippen molar-refractivity contribution in [3.8, 4) is 0 Å². The third-order valence-corrected chi connectivity index (χ3v) is 5.35. The second-order valence-corrected chi connectivity index (χ2v) is 7.30. The van der Waals surface area contributed by atoms with E-state index in [2.05, 4.69) is 37.9 Å². The van der Waals surface area contributed by atoms with Gasteiger partial charge in [0.05, 0.1) is 0 Å². The predicted molar refractivity (Wildman–Crippen MR) is 78.9 cm³/mol. The number of nitrogens with one attached hydrogen (secondary N) is 1. The van der Waals surface area contributed by atoms with Crippen molar-refractivity contribution < 1.29 is 0 Å². The van der Waals surface area contributed by atoms with Crippen molar-refractivity contribution in [1.82, 2.24) is 10.2 Å². The third-order valence-electron chi connectivity index (χ3n) is 5.35. The molecule has 0 amide bonds. The Morgan fingerprint density at radius 1 is 1.22 bits per heavy atom. The van der Waals surface area contributed by atoms with Crippen molar-refractivity contribution in [3.05, 3.63) is 0 Å². The highest BCUT2D eigenvalue weighted by atomic mass is 15.3. The van der Waals surface area contributed by atoms with Gasteiger partial charge >= 0.3 is 0 Å². The molecule has 1 aliphatic carbocycles. The molecule has 106 valence electrons. The van der Waals surface area contributed by atoms with E-state index in [-0.39, 0.29) is 0 Å². The van der Waals surface area contributed by atoms with E-state index in [1.54, 1.807) is 0 Å². The Morgan fingerprint density at radius 3 is 2.44 bits per heavy atom. The van der Waals surface area contributed by atoms with E-state index in [9.17, 15) is 0 Å². The molecule has 0 bridgehead atoms. The molecule has 2 nitrogen and oxygen atoms in total. The van der Waals surface area contributed by atoms with Crippen molar-refractivity contribution in [2.24, 2.45) is 5.92 Å². The van der Waals surface area contributed by atoms with Crippen molar-refractivity contribution in [1.29, 1.82) is 0 Å². The lowest BCUT2D eigenvalue weighted by atomic mass is 9.84. The first-order valence-corrected chi connectivity index (χ1v) is 8.00. The summed E-state index contributed by atoms with van der Waals surface area (Å²) in [5, 5.41) is 3.85. The number of hydrogen-bond acceptors (Lipinski definition) is 2. The van der Waals surface area contributed by atoms with Crippen molar-refractivity contribution in [2.75, 3.05) is 19.6 Å². The van der Waals surface area contributed by atoms with Gasteiger partial charge in [0, 0.05) is 24.2 Å². The summed E-state index contributed by atoms with van der Waals surface area (Å²) in [7, 11) is 0. The van der Waals surface area contributed by atoms with Crippen molar-refractivity contribution in [3.63, 3.8) is 0 Å². The Labute approximate surface area is 114 Å². The number of rotatable bonds is 4. The minimum Gasteiger partial charge on any atom is -0.308 e. The summed E-state index contributed by atoms with van der Waals surface area (Å²) < 4.78 is 0. The van der Waals surface area contributed by atoms with Gasteiger partial charge in [0.1, 0.15) is 0 Å². The zero-order valence-corrected chi connectivity index (χ0v) is 12.9. The maximum absolute atomic E-state index is 3.85. The highest BCUT2D eigenvalue weighted by molar-refractivity contribution is 5.05. The minimum atomic E-state index is 0.338. The summed E-state index contributed by atoms with van der Waals surface area (Å²) in [5.41, 5.74) is 0.842. The van der Waals surface area contributed by atoms with Gasteiger partial charge in [-0.2, -0.15) is 0 Å². The standard InChI is InChI=1S/C16H32N2/c1-5-15(4)13-18(11-8-14(2)3)16(12-17-15)9-6-7-10-16/h14,17H,5-13H2,1-4H3. The Kier molecular flexibility index (Phi) is 4.38. The molecule has 1 aliphatic heterocycles. The lowest BCUT2D eigenvalue weighted by Gasteiger charge is -2.52. The first-order chi connectivity index (χ1) is 8.50. The van der Waals surface area contributed by atoms with Crippen molar-refractivity contribution >= 4 is 0 Å². The van der Waals surface area contributed by atoms with Gasteiger partial charge in [-0.3, -0.25) is 4.90 Å². The van der Waals surface area contributed by atoms with Gasteiger partial charge in [0.15, 0.2) is 0 Å². The maximum Gasteiger partial charge on any atom is 0.0334 e. The molecule has 2 fully saturated rings. The molecule has 1 spiro atoms. The SMILES string of the molecule is CCC1(C)CN(CCC(C)C)C2(CCCC2)CN1. The van der Waals surface area contributed by atoms with Crippen LogP contribution >= 0.6 is 0 Å². The molecule has 18 heavy (non-hydrogen) atoms. The second-order valence-electron chi connectivity index (χ2n) is 7.30. The molecule has 1 N–H and O–H groups in total. The highest BCUT2D eigenvalue weighted by Gasteiger charge is 2.45. The Morgan fingerprint density at radius 2 is 1.89 bits per heavy atom. The lowest BCUT2D eigenvalue weighted by Crippen LogP contribution is -2.68. The largest absolute Gasteiger partial charge is 0.308 e. The molecule has 0 aromatic carbocycles. The summed E-state index contributed by atoms with van der Waals surface area (Å²) >= 11 is 0. The summed E-state index contributed by atoms with van der Waals surface area (Å²) in [4.78, 5) is 2.85. The quantitative estimate of drug-likeness (QED) is 0.825. The lowest BCUT2D eigenvalue weighted by molar-refractivity contribution is 0.00893. The Hall–Kier alpha value is -0.0800. The molecule has 1 saturated heterocycles. The van der Waals surface area contributed by atoms with Crippen LogP contribution in [0.2, 0.25) is 0 Å². The molecule has 2 aliphatic rings. The summed E-state index contributed by atoms with van der Waals surface area (Å²) in [5.74, 6) is 0.825. The smallest absolute Gasteiger partial charge is 0.0334 e. The molecular weight excluding hydrogens is 220 g/mol. The van der Waals surface area contributed by atoms with Crippen LogP contribution in [0.25, 0.3) is 0 Å². The van der Waals surface area contributed by atoms with E-state index in [1.165, 1.54) is 58.2 Å². The van der Waals surface area contributed by atoms with Crippen LogP contribution in [0.3, 0.4) is 0 Å². The molecular formula is C16H32N2. The maximum atomic E-state index is 3.85. The van der Waals surface area contributed by atoms with E-state index in [1.807, 2.05) is 0 Å². The molecule has 1 heterocycles. The summed E-state index contributed by atoms with van der Waals surface area (Å²) in [6.45, 7) is 13.2. The summed E-state index contributed by atoms with van der Waals surface area (Å²) in [6.07, 6.45) is 8.28. The van der Waals surface area contributed by atoms with Crippen LogP contribution in [0.1, 0.15) is 66.2 Å². The van der Waals surface area contributed by atoms with E-state index < -0.39 is 0 Å². The molecule has 1 unspecified atom stereocenters. The fraction of sp³-hybridized carbons (Fsp3) is 1.00. The molecule has 0 radical (unpaired) electrons. The average Bonchev–Trinajstić information content (AvgIpc) is 2.81. The van der Waals surface area contributed by atoms with Crippen LogP contribution in [0.4, 0.5) is 0 Å². The first kappa shape index (κ1) is 14.3. The van der Waals surface area contributed by atoms with Crippen LogP contribution < -0.4 is 5.32 Å². The summed E-state index contributed by atoms with van der Waals surface area (Å²) in [6, 6.07) is 0. The monoisotopic (exact) mass is 252 g/mol. The van der Waals surface area contributed by atoms with Gasteiger partial charge in [-0.15, -0.1) is 0 Å². The van der Waals surface area contributed by atoms with Crippen molar-refractivity contribution in [2.45, 2.75) is 77.3 Å². The second kappa shape index (κ2) is 5.50. The van der Waals surface area contributed by atoms with Gasteiger partial charge in [0.2, 0.25) is 0 Å². The van der Waals surface area contributed by atoms with Crippen LogP contribution in [0, 0.1) is 5.92 Å². The van der Waals surface area contributed by atoms with E-state index in [4.69, 9.17) is 0 Å². The number of piperazine rings is 1. The van der Waals surface area contributed by atoms with Gasteiger partial charge in [-0.1, -0.05) is 33.6 Å². The zero-order valence-electron chi connectivity index (χ0n) is 12.9. The van der Waals surface area contributed by atoms with Crippen LogP contribution in [-0.2, 0) is 0 Å². The van der Waals surface area contributed by atoms with Gasteiger partial charge in [-0.05, 0) is 45.1 Å². The Bertz CT molecular complexity index is 268. The fourth-order valence-electron chi connectivity index (χ4n) is 3.63. The Balaban J connectivity index is 2.06. The number of hydrogen-bond donors (Lipinski definition) is 1. The molecule has 2 rings (SSSR count). The van der Waals surface area contributed by atoms with Gasteiger partial charge < -0.3 is 5.32 Å². The first-order valence-electron chi connectivity index (χ1n) is 8.00. The molecule has 1 atom stereocenters. The molecule has 1 saturated carbocycles. The van der Waals surface area contributed by atoms with E-state index in [0.29, 0.717) is 11.1 Å². The van der Waals surface area contributed by atoms with Gasteiger partial charge in [0.25, 0.3) is 0 Å². The average molecular weight is 252 g/mol. The number of nitrogens with zero attached hydrogens (tertiary/aromatic N) is 1. The van der Waals surface area contributed by atoms with Crippen LogP contribution in [0.5, 0.6) is 0 Å². The van der Waals surface area contributed by atoms with Gasteiger partial charge in [-0.25, -0.2) is 0 Å². The predicted octanol–water partition coefficient (Wildman–Crippen LogP) is 3.42.